The molecule has 0 aromatic carbocycles. The van der Waals surface area contributed by atoms with Gasteiger partial charge < -0.3 is 15.7 Å². The highest BCUT2D eigenvalue weighted by Crippen LogP contribution is 2.33. The summed E-state index contributed by atoms with van der Waals surface area (Å²) in [6.45, 7) is 10.1. The molecule has 0 aliphatic carbocycles. The van der Waals surface area contributed by atoms with Crippen LogP contribution in [-0.2, 0) is 9.59 Å². The summed E-state index contributed by atoms with van der Waals surface area (Å²) < 4.78 is 0. The minimum Gasteiger partial charge on any atom is -0.481 e. The smallest absolute Gasteiger partial charge is 0.306 e. The average molecular weight is 298 g/mol. The van der Waals surface area contributed by atoms with Gasteiger partial charge in [-0.3, -0.25) is 9.59 Å². The number of rotatable bonds is 7. The van der Waals surface area contributed by atoms with E-state index in [9.17, 15) is 9.59 Å². The van der Waals surface area contributed by atoms with Gasteiger partial charge in [0.25, 0.3) is 0 Å². The van der Waals surface area contributed by atoms with Crippen LogP contribution >= 0.6 is 0 Å². The number of amides is 1. The Hall–Kier alpha value is -1.10. The average Bonchev–Trinajstić information content (AvgIpc) is 2.30. The predicted molar refractivity (Wildman–Crippen MR) is 82.7 cm³/mol. The van der Waals surface area contributed by atoms with Gasteiger partial charge in [-0.2, -0.15) is 0 Å². The third-order valence-corrected chi connectivity index (χ3v) is 4.81. The molecule has 2 unspecified atom stereocenters. The van der Waals surface area contributed by atoms with E-state index in [1.165, 1.54) is 0 Å². The van der Waals surface area contributed by atoms with Crippen LogP contribution in [0.3, 0.4) is 0 Å². The zero-order valence-corrected chi connectivity index (χ0v) is 13.8. The van der Waals surface area contributed by atoms with Crippen molar-refractivity contribution in [1.29, 1.82) is 0 Å². The second kappa shape index (κ2) is 7.25. The maximum atomic E-state index is 12.1. The van der Waals surface area contributed by atoms with E-state index in [-0.39, 0.29) is 23.2 Å². The molecule has 1 aliphatic heterocycles. The molecule has 21 heavy (non-hydrogen) atoms. The molecule has 0 aromatic heterocycles. The lowest BCUT2D eigenvalue weighted by Crippen LogP contribution is -2.53. The first kappa shape index (κ1) is 18.0. The Morgan fingerprint density at radius 2 is 1.86 bits per heavy atom. The molecule has 5 heteroatoms. The third-order valence-electron chi connectivity index (χ3n) is 4.81. The van der Waals surface area contributed by atoms with E-state index in [4.69, 9.17) is 10.8 Å². The van der Waals surface area contributed by atoms with Gasteiger partial charge in [-0.1, -0.05) is 27.7 Å². The van der Waals surface area contributed by atoms with Gasteiger partial charge in [0.05, 0.1) is 5.92 Å². The van der Waals surface area contributed by atoms with Crippen LogP contribution in [0.2, 0.25) is 0 Å². The van der Waals surface area contributed by atoms with Crippen LogP contribution in [0.15, 0.2) is 0 Å². The number of hydrogen-bond acceptors (Lipinski definition) is 3. The molecular weight excluding hydrogens is 268 g/mol. The van der Waals surface area contributed by atoms with E-state index in [1.807, 2.05) is 0 Å². The van der Waals surface area contributed by atoms with Crippen LogP contribution in [0.4, 0.5) is 0 Å². The lowest BCUT2D eigenvalue weighted by atomic mass is 9.76. The molecule has 122 valence electrons. The minimum absolute atomic E-state index is 0.105. The second-order valence-corrected chi connectivity index (χ2v) is 7.36. The molecule has 0 radical (unpaired) electrons. The summed E-state index contributed by atoms with van der Waals surface area (Å²) in [5.41, 5.74) is 5.82. The van der Waals surface area contributed by atoms with Gasteiger partial charge in [0.1, 0.15) is 0 Å². The Kier molecular flexibility index (Phi) is 6.20. The highest BCUT2D eigenvalue weighted by Gasteiger charge is 2.37. The van der Waals surface area contributed by atoms with E-state index < -0.39 is 5.97 Å². The van der Waals surface area contributed by atoms with E-state index in [2.05, 4.69) is 20.8 Å². The Morgan fingerprint density at radius 1 is 1.29 bits per heavy atom. The van der Waals surface area contributed by atoms with Crippen LogP contribution in [0.25, 0.3) is 0 Å². The Labute approximate surface area is 127 Å². The Balaban J connectivity index is 2.37. The molecule has 0 spiro atoms. The summed E-state index contributed by atoms with van der Waals surface area (Å²) >= 11 is 0. The summed E-state index contributed by atoms with van der Waals surface area (Å²) in [6.07, 6.45) is 2.33. The fourth-order valence-electron chi connectivity index (χ4n) is 2.90. The summed E-state index contributed by atoms with van der Waals surface area (Å²) in [4.78, 5) is 24.8. The van der Waals surface area contributed by atoms with Crippen LogP contribution in [0.1, 0.15) is 47.0 Å². The van der Waals surface area contributed by atoms with Crippen LogP contribution in [0, 0.1) is 23.2 Å². The van der Waals surface area contributed by atoms with Crippen LogP contribution < -0.4 is 5.73 Å². The maximum absolute atomic E-state index is 12.1. The minimum atomic E-state index is -0.775. The van der Waals surface area contributed by atoms with Crippen molar-refractivity contribution >= 4 is 11.9 Å². The van der Waals surface area contributed by atoms with Gasteiger partial charge in [0.2, 0.25) is 5.91 Å². The number of carboxylic acid groups (broad SMARTS) is 1. The normalized spacial score (nSPS) is 19.0. The van der Waals surface area contributed by atoms with Gasteiger partial charge in [0, 0.05) is 25.4 Å². The topological polar surface area (TPSA) is 83.6 Å². The van der Waals surface area contributed by atoms with Gasteiger partial charge in [-0.25, -0.2) is 0 Å². The zero-order chi connectivity index (χ0) is 16.2. The maximum Gasteiger partial charge on any atom is 0.306 e. The predicted octanol–water partition coefficient (Wildman–Crippen LogP) is 1.96. The first-order chi connectivity index (χ1) is 9.66. The van der Waals surface area contributed by atoms with Gasteiger partial charge in [0.15, 0.2) is 0 Å². The van der Waals surface area contributed by atoms with Crippen molar-refractivity contribution in [2.75, 3.05) is 19.6 Å². The fraction of sp³-hybridized carbons (Fsp3) is 0.875. The van der Waals surface area contributed by atoms with Crippen molar-refractivity contribution in [3.05, 3.63) is 0 Å². The molecule has 2 atom stereocenters. The summed E-state index contributed by atoms with van der Waals surface area (Å²) in [6, 6.07) is 0. The molecule has 1 rings (SSSR count). The summed E-state index contributed by atoms with van der Waals surface area (Å²) in [7, 11) is 0. The molecule has 1 fully saturated rings. The van der Waals surface area contributed by atoms with E-state index in [0.29, 0.717) is 32.0 Å². The molecule has 3 N–H and O–H groups in total. The van der Waals surface area contributed by atoms with Crippen molar-refractivity contribution < 1.29 is 14.7 Å². The number of hydrogen-bond donors (Lipinski definition) is 2. The molecular formula is C16H30N2O3. The van der Waals surface area contributed by atoms with E-state index >= 15 is 0 Å². The number of aliphatic carboxylic acids is 1. The van der Waals surface area contributed by atoms with Crippen molar-refractivity contribution in [1.82, 2.24) is 4.90 Å². The molecule has 1 heterocycles. The molecule has 1 saturated heterocycles. The van der Waals surface area contributed by atoms with Crippen molar-refractivity contribution in [2.45, 2.75) is 47.0 Å². The Bertz CT molecular complexity index is 370. The lowest BCUT2D eigenvalue weighted by Gasteiger charge is -2.41. The number of likely N-dealkylation sites (tertiary alicyclic amines) is 1. The van der Waals surface area contributed by atoms with E-state index in [0.717, 1.165) is 12.8 Å². The van der Waals surface area contributed by atoms with Crippen molar-refractivity contribution in [3.8, 4) is 0 Å². The standard InChI is InChI=1S/C16H30N2O3/c1-11(15(20)21)12-9-18(10-12)14(19)6-5-13(7-8-17)16(2,3)4/h11-13H,5-10,17H2,1-4H3,(H,20,21). The number of nitrogens with zero attached hydrogens (tertiary/aromatic N) is 1. The molecule has 5 nitrogen and oxygen atoms in total. The van der Waals surface area contributed by atoms with E-state index in [1.54, 1.807) is 11.8 Å². The van der Waals surface area contributed by atoms with Crippen molar-refractivity contribution in [2.24, 2.45) is 28.9 Å². The first-order valence-corrected chi connectivity index (χ1v) is 7.87. The molecule has 0 bridgehead atoms. The monoisotopic (exact) mass is 298 g/mol. The SMILES string of the molecule is CC(C(=O)O)C1CN(C(=O)CCC(CCN)C(C)(C)C)C1. The summed E-state index contributed by atoms with van der Waals surface area (Å²) in [5, 5.41) is 8.95. The highest BCUT2D eigenvalue weighted by atomic mass is 16.4. The fourth-order valence-corrected chi connectivity index (χ4v) is 2.90. The third kappa shape index (κ3) is 4.99. The quantitative estimate of drug-likeness (QED) is 0.752. The highest BCUT2D eigenvalue weighted by molar-refractivity contribution is 5.77. The Morgan fingerprint density at radius 3 is 2.29 bits per heavy atom. The lowest BCUT2D eigenvalue weighted by molar-refractivity contribution is -0.150. The van der Waals surface area contributed by atoms with Crippen LogP contribution in [-0.4, -0.2) is 41.5 Å². The number of carboxylic acids is 1. The van der Waals surface area contributed by atoms with Gasteiger partial charge >= 0.3 is 5.97 Å². The zero-order valence-electron chi connectivity index (χ0n) is 13.8. The molecule has 0 aromatic rings. The van der Waals surface area contributed by atoms with Crippen LogP contribution in [0.5, 0.6) is 0 Å². The number of carbonyl (C=O) groups is 2. The van der Waals surface area contributed by atoms with Gasteiger partial charge in [-0.05, 0) is 30.7 Å². The second-order valence-electron chi connectivity index (χ2n) is 7.36. The largest absolute Gasteiger partial charge is 0.481 e. The summed E-state index contributed by atoms with van der Waals surface area (Å²) in [5.74, 6) is -0.443. The van der Waals surface area contributed by atoms with Gasteiger partial charge in [-0.15, -0.1) is 0 Å². The van der Waals surface area contributed by atoms with Crippen molar-refractivity contribution in [3.63, 3.8) is 0 Å². The molecule has 1 amide bonds. The molecule has 1 aliphatic rings. The number of nitrogens with two attached hydrogens (primary N) is 1. The first-order valence-electron chi connectivity index (χ1n) is 7.87. The number of carbonyl (C=O) groups excluding carboxylic acids is 1. The molecule has 0 saturated carbocycles.